The molecule has 0 aliphatic rings. The number of benzene rings is 2. The molecule has 2 N–H and O–H groups in total. The maximum absolute atomic E-state index is 4.87. The Labute approximate surface area is 244 Å². The van der Waals surface area contributed by atoms with E-state index in [9.17, 15) is 0 Å². The van der Waals surface area contributed by atoms with Crippen LogP contribution in [0.2, 0.25) is 0 Å². The van der Waals surface area contributed by atoms with Crippen molar-refractivity contribution in [1.29, 1.82) is 0 Å². The molecule has 2 aromatic carbocycles. The summed E-state index contributed by atoms with van der Waals surface area (Å²) in [6, 6.07) is 24.6. The predicted molar refractivity (Wildman–Crippen MR) is 151 cm³/mol. The van der Waals surface area contributed by atoms with Crippen molar-refractivity contribution in [3.05, 3.63) is 97.6 Å². The van der Waals surface area contributed by atoms with Crippen LogP contribution in [0.5, 0.6) is 0 Å². The van der Waals surface area contributed by atoms with E-state index in [1.54, 1.807) is 0 Å². The summed E-state index contributed by atoms with van der Waals surface area (Å²) < 4.78 is 0. The number of pyridine rings is 4. The van der Waals surface area contributed by atoms with Crippen LogP contribution in [0.3, 0.4) is 0 Å². The second kappa shape index (κ2) is 16.0. The summed E-state index contributed by atoms with van der Waals surface area (Å²) >= 11 is 3.77. The van der Waals surface area contributed by atoms with Gasteiger partial charge in [-0.3, -0.25) is 0 Å². The fraction of sp³-hybridized carbons (Fsp3) is 0. The van der Waals surface area contributed by atoms with Crippen LogP contribution in [0, 0.1) is 0 Å². The zero-order chi connectivity index (χ0) is 23.5. The van der Waals surface area contributed by atoms with Crippen molar-refractivity contribution in [1.82, 2.24) is 9.97 Å². The standard InChI is InChI=1S/2C12H8N2.Cl2I.ClH.I2/c2*1-3-9-5-6-10-4-2-8-14-12(10)11(9)13-7-1;1-3-2;;1-2/h2*1-8H;;1H;/q;;-1;;/p+1. The van der Waals surface area contributed by atoms with Gasteiger partial charge in [-0.25, -0.2) is 19.9 Å². The summed E-state index contributed by atoms with van der Waals surface area (Å²) in [7, 11) is 9.75. The molecule has 0 spiro atoms. The van der Waals surface area contributed by atoms with E-state index in [1.807, 2.05) is 49.1 Å². The molecule has 6 rings (SSSR count). The molecular weight excluding hydrogens is 831 g/mol. The van der Waals surface area contributed by atoms with Gasteiger partial charge in [0.05, 0.1) is 0 Å². The Morgan fingerprint density at radius 1 is 0.588 bits per heavy atom. The predicted octanol–water partition coefficient (Wildman–Crippen LogP) is 1.56. The van der Waals surface area contributed by atoms with Gasteiger partial charge in [0.1, 0.15) is 11.0 Å². The average Bonchev–Trinajstić information content (AvgIpc) is 2.90. The van der Waals surface area contributed by atoms with E-state index in [0.717, 1.165) is 22.1 Å². The molecule has 0 unspecified atom stereocenters. The second-order valence-corrected chi connectivity index (χ2v) is 9.81. The molecule has 0 saturated heterocycles. The summed E-state index contributed by atoms with van der Waals surface area (Å²) in [4.78, 5) is 15.2. The number of nitrogens with one attached hydrogen (secondary N) is 2. The summed E-state index contributed by atoms with van der Waals surface area (Å²) in [5.41, 5.74) is 4.27. The topological polar surface area (TPSA) is 54.1 Å². The van der Waals surface area contributed by atoms with Crippen molar-refractivity contribution in [2.45, 2.75) is 0 Å². The van der Waals surface area contributed by atoms with E-state index >= 15 is 0 Å². The van der Waals surface area contributed by atoms with Gasteiger partial charge >= 0.3 is 36.8 Å². The number of nitrogens with zero attached hydrogens (tertiary/aromatic N) is 2. The van der Waals surface area contributed by atoms with E-state index in [1.165, 1.54) is 21.5 Å². The minimum absolute atomic E-state index is 0. The monoisotopic (exact) mass is 848 g/mol. The zero-order valence-corrected chi connectivity index (χ0v) is 26.1. The van der Waals surface area contributed by atoms with Gasteiger partial charge < -0.3 is 12.4 Å². The van der Waals surface area contributed by atoms with E-state index in [2.05, 4.69) is 106 Å². The molecule has 6 aromatic rings. The van der Waals surface area contributed by atoms with E-state index in [-0.39, 0.29) is 12.4 Å². The first-order valence-corrected chi connectivity index (χ1v) is 21.4. The molecule has 4 heterocycles. The summed E-state index contributed by atoms with van der Waals surface area (Å²) in [6.07, 6.45) is 7.50. The minimum atomic E-state index is -0.466. The van der Waals surface area contributed by atoms with E-state index in [0.29, 0.717) is 0 Å². The molecule has 0 aliphatic carbocycles. The van der Waals surface area contributed by atoms with Crippen molar-refractivity contribution >= 4 is 98.7 Å². The number of aromatic nitrogens is 4. The molecule has 0 saturated carbocycles. The van der Waals surface area contributed by atoms with Gasteiger partial charge in [-0.05, 0) is 36.4 Å². The number of halogens is 6. The SMILES string of the molecule is Cl[I-]Cl.II.[Cl-].c1cnc2c(c1)ccc1ccc[nH+]c12.c1cnc2c(c1)ccc1ccc[nH+]c12. The first-order chi connectivity index (χ1) is 16.3. The van der Waals surface area contributed by atoms with Crippen molar-refractivity contribution in [3.63, 3.8) is 0 Å². The van der Waals surface area contributed by atoms with Crippen LogP contribution in [0.1, 0.15) is 0 Å². The Kier molecular flexibility index (Phi) is 13.8. The molecule has 0 radical (unpaired) electrons. The average molecular weight is 850 g/mol. The number of H-pyrrole nitrogens is 2. The Morgan fingerprint density at radius 3 is 1.35 bits per heavy atom. The van der Waals surface area contributed by atoms with Gasteiger partial charge in [0.15, 0.2) is 12.4 Å². The number of aromatic amines is 2. The van der Waals surface area contributed by atoms with Crippen LogP contribution in [-0.2, 0) is 0 Å². The van der Waals surface area contributed by atoms with Crippen molar-refractivity contribution in [2.24, 2.45) is 0 Å². The van der Waals surface area contributed by atoms with Gasteiger partial charge in [-0.1, -0.05) is 24.3 Å². The normalized spacial score (nSPS) is 9.76. The molecule has 0 bridgehead atoms. The molecule has 0 fully saturated rings. The minimum Gasteiger partial charge on any atom is -1.00 e. The van der Waals surface area contributed by atoms with Crippen molar-refractivity contribution in [2.75, 3.05) is 0 Å². The maximum atomic E-state index is 4.87. The first-order valence-electron chi connectivity index (χ1n) is 9.61. The van der Waals surface area contributed by atoms with E-state index < -0.39 is 18.9 Å². The van der Waals surface area contributed by atoms with Crippen molar-refractivity contribution in [3.8, 4) is 0 Å². The molecule has 4 nitrogen and oxygen atoms in total. The van der Waals surface area contributed by atoms with Gasteiger partial charge in [0.2, 0.25) is 11.0 Å². The fourth-order valence-corrected chi connectivity index (χ4v) is 3.47. The summed E-state index contributed by atoms with van der Waals surface area (Å²) in [6.45, 7) is 0. The Hall–Kier alpha value is -0.860. The van der Waals surface area contributed by atoms with Crippen LogP contribution in [0.4, 0.5) is 0 Å². The van der Waals surface area contributed by atoms with Crippen LogP contribution < -0.4 is 41.3 Å². The van der Waals surface area contributed by atoms with Crippen LogP contribution in [0.15, 0.2) is 97.6 Å². The Morgan fingerprint density at radius 2 is 0.941 bits per heavy atom. The largest absolute Gasteiger partial charge is 1.00 e. The first kappa shape index (κ1) is 29.4. The molecule has 0 atom stereocenters. The molecule has 0 amide bonds. The molecule has 0 aliphatic heterocycles. The smallest absolute Gasteiger partial charge is 0.237 e. The number of hydrogen-bond acceptors (Lipinski definition) is 2. The van der Waals surface area contributed by atoms with Crippen LogP contribution >= 0.6 is 55.0 Å². The molecular formula is C24H18Cl3I3N4. The third-order valence-electron chi connectivity index (χ3n) is 4.81. The third-order valence-corrected chi connectivity index (χ3v) is 4.81. The second-order valence-electron chi connectivity index (χ2n) is 6.60. The molecule has 34 heavy (non-hydrogen) atoms. The Bertz CT molecular complexity index is 1250. The van der Waals surface area contributed by atoms with Crippen LogP contribution in [-0.4, -0.2) is 9.97 Å². The van der Waals surface area contributed by atoms with Gasteiger partial charge in [-0.2, -0.15) is 0 Å². The summed E-state index contributed by atoms with van der Waals surface area (Å²) in [5, 5.41) is 4.72. The molecule has 10 heteroatoms. The number of rotatable bonds is 0. The van der Waals surface area contributed by atoms with Crippen LogP contribution in [0.25, 0.3) is 43.6 Å². The van der Waals surface area contributed by atoms with Gasteiger partial charge in [0.25, 0.3) is 0 Å². The maximum Gasteiger partial charge on any atom is 0.237 e. The number of fused-ring (bicyclic) bond motifs is 6. The molecule has 176 valence electrons. The van der Waals surface area contributed by atoms with Crippen molar-refractivity contribution < 1.29 is 41.3 Å². The zero-order valence-electron chi connectivity index (χ0n) is 17.4. The fourth-order valence-electron chi connectivity index (χ4n) is 3.47. The van der Waals surface area contributed by atoms with Gasteiger partial charge in [0, 0.05) is 83.3 Å². The molecule has 4 aromatic heterocycles. The quantitative estimate of drug-likeness (QED) is 0.173. The summed E-state index contributed by atoms with van der Waals surface area (Å²) in [5.74, 6) is 0. The third kappa shape index (κ3) is 7.57. The van der Waals surface area contributed by atoms with Gasteiger partial charge in [-0.15, -0.1) is 0 Å². The van der Waals surface area contributed by atoms with E-state index in [4.69, 9.17) is 17.8 Å². The number of hydrogen-bond donors (Lipinski definition) is 0. The Balaban J connectivity index is 0.000000198.